The van der Waals surface area contributed by atoms with Crippen LogP contribution in [0.5, 0.6) is 0 Å². The Morgan fingerprint density at radius 3 is 3.05 bits per heavy atom. The fraction of sp³-hybridized carbons (Fsp3) is 0.562. The molecule has 1 aliphatic heterocycles. The maximum absolute atomic E-state index is 9.12. The first-order chi connectivity index (χ1) is 9.70. The molecule has 0 radical (unpaired) electrons. The van der Waals surface area contributed by atoms with Crippen LogP contribution in [0, 0.1) is 11.3 Å². The van der Waals surface area contributed by atoms with Crippen LogP contribution in [0.2, 0.25) is 0 Å². The van der Waals surface area contributed by atoms with E-state index in [2.05, 4.69) is 39.1 Å². The zero-order valence-electron chi connectivity index (χ0n) is 12.0. The number of halogens is 1. The smallest absolute Gasteiger partial charge is 0.101 e. The van der Waals surface area contributed by atoms with Crippen LogP contribution < -0.4 is 5.32 Å². The largest absolute Gasteiger partial charge is 0.384 e. The van der Waals surface area contributed by atoms with Gasteiger partial charge in [0.15, 0.2) is 0 Å². The number of piperidine rings is 1. The van der Waals surface area contributed by atoms with E-state index in [4.69, 9.17) is 5.26 Å². The van der Waals surface area contributed by atoms with Crippen molar-refractivity contribution in [1.82, 2.24) is 4.90 Å². The van der Waals surface area contributed by atoms with Crippen molar-refractivity contribution in [1.29, 1.82) is 5.26 Å². The van der Waals surface area contributed by atoms with Crippen molar-refractivity contribution in [3.8, 4) is 6.07 Å². The molecule has 0 saturated carbocycles. The normalized spacial score (nSPS) is 19.6. The van der Waals surface area contributed by atoms with Gasteiger partial charge in [-0.15, -0.1) is 0 Å². The number of nitrogens with zero attached hydrogens (tertiary/aromatic N) is 2. The first-order valence-corrected chi connectivity index (χ1v) is 8.17. The number of hydrogen-bond donors (Lipinski definition) is 1. The van der Waals surface area contributed by atoms with Crippen molar-refractivity contribution in [2.45, 2.75) is 38.6 Å². The summed E-state index contributed by atoms with van der Waals surface area (Å²) in [5.74, 6) is 0. The summed E-state index contributed by atoms with van der Waals surface area (Å²) >= 11 is 3.39. The monoisotopic (exact) mass is 335 g/mol. The second-order valence-electron chi connectivity index (χ2n) is 5.46. The number of nitriles is 1. The van der Waals surface area contributed by atoms with E-state index in [9.17, 15) is 0 Å². The molecule has 0 aromatic heterocycles. The van der Waals surface area contributed by atoms with Crippen molar-refractivity contribution in [3.63, 3.8) is 0 Å². The van der Waals surface area contributed by atoms with Crippen LogP contribution in [0.3, 0.4) is 0 Å². The summed E-state index contributed by atoms with van der Waals surface area (Å²) < 4.78 is 0.946. The zero-order chi connectivity index (χ0) is 14.4. The molecule has 1 N–H and O–H groups in total. The average Bonchev–Trinajstić information content (AvgIpc) is 2.46. The second-order valence-corrected chi connectivity index (χ2v) is 6.38. The molecule has 1 fully saturated rings. The summed E-state index contributed by atoms with van der Waals surface area (Å²) in [5.41, 5.74) is 1.63. The molecule has 3 nitrogen and oxygen atoms in total. The number of likely N-dealkylation sites (tertiary alicyclic amines) is 1. The number of anilines is 1. The quantitative estimate of drug-likeness (QED) is 0.826. The minimum atomic E-state index is 0.700. The summed E-state index contributed by atoms with van der Waals surface area (Å²) in [6, 6.07) is 8.75. The van der Waals surface area contributed by atoms with Crippen molar-refractivity contribution < 1.29 is 0 Å². The second kappa shape index (κ2) is 7.66. The average molecular weight is 336 g/mol. The molecule has 4 heteroatoms. The molecule has 1 aliphatic rings. The highest BCUT2D eigenvalue weighted by atomic mass is 79.9. The number of nitrogens with one attached hydrogen (secondary N) is 1. The number of rotatable bonds is 5. The van der Waals surface area contributed by atoms with E-state index in [0.717, 1.165) is 35.7 Å². The summed E-state index contributed by atoms with van der Waals surface area (Å²) in [6.45, 7) is 5.63. The zero-order valence-corrected chi connectivity index (χ0v) is 13.6. The maximum atomic E-state index is 9.12. The van der Waals surface area contributed by atoms with Gasteiger partial charge in [-0.2, -0.15) is 5.26 Å². The van der Waals surface area contributed by atoms with Gasteiger partial charge in [-0.3, -0.25) is 0 Å². The highest BCUT2D eigenvalue weighted by Crippen LogP contribution is 2.20. The highest BCUT2D eigenvalue weighted by molar-refractivity contribution is 9.10. The first-order valence-electron chi connectivity index (χ1n) is 7.38. The van der Waals surface area contributed by atoms with Crippen LogP contribution in [-0.2, 0) is 0 Å². The minimum absolute atomic E-state index is 0.700. The molecule has 108 valence electrons. The molecule has 1 unspecified atom stereocenters. The maximum Gasteiger partial charge on any atom is 0.101 e. The summed E-state index contributed by atoms with van der Waals surface area (Å²) in [4.78, 5) is 2.58. The van der Waals surface area contributed by atoms with Crippen LogP contribution >= 0.6 is 15.9 Å². The minimum Gasteiger partial charge on any atom is -0.384 e. The SMILES string of the molecule is CC1CCCCN1CCCNc1ccc(Br)cc1C#N. The predicted octanol–water partition coefficient (Wildman–Crippen LogP) is 4.00. The van der Waals surface area contributed by atoms with Gasteiger partial charge in [0, 0.05) is 23.6 Å². The Hall–Kier alpha value is -1.05. The molecule has 1 aromatic carbocycles. The number of hydrogen-bond acceptors (Lipinski definition) is 3. The fourth-order valence-electron chi connectivity index (χ4n) is 2.76. The van der Waals surface area contributed by atoms with E-state index in [-0.39, 0.29) is 0 Å². The lowest BCUT2D eigenvalue weighted by atomic mass is 10.0. The Balaban J connectivity index is 1.77. The molecule has 1 aromatic rings. The van der Waals surface area contributed by atoms with E-state index >= 15 is 0 Å². The Kier molecular flexibility index (Phi) is 5.87. The van der Waals surface area contributed by atoms with E-state index in [1.165, 1.54) is 25.8 Å². The molecule has 2 rings (SSSR count). The molecular formula is C16H22BrN3. The Morgan fingerprint density at radius 1 is 1.45 bits per heavy atom. The molecular weight excluding hydrogens is 314 g/mol. The van der Waals surface area contributed by atoms with Gasteiger partial charge in [0.1, 0.15) is 6.07 Å². The fourth-order valence-corrected chi connectivity index (χ4v) is 3.12. The lowest BCUT2D eigenvalue weighted by molar-refractivity contribution is 0.160. The topological polar surface area (TPSA) is 39.1 Å². The van der Waals surface area contributed by atoms with Gasteiger partial charge >= 0.3 is 0 Å². The van der Waals surface area contributed by atoms with Crippen LogP contribution in [0.1, 0.15) is 38.2 Å². The van der Waals surface area contributed by atoms with Gasteiger partial charge in [0.2, 0.25) is 0 Å². The van der Waals surface area contributed by atoms with Crippen molar-refractivity contribution in [3.05, 3.63) is 28.2 Å². The lowest BCUT2D eigenvalue weighted by Gasteiger charge is -2.33. The van der Waals surface area contributed by atoms with Gasteiger partial charge in [-0.25, -0.2) is 0 Å². The third kappa shape index (κ3) is 4.22. The third-order valence-electron chi connectivity index (χ3n) is 3.98. The van der Waals surface area contributed by atoms with Gasteiger partial charge in [0.25, 0.3) is 0 Å². The molecule has 1 atom stereocenters. The van der Waals surface area contributed by atoms with E-state index in [0.29, 0.717) is 5.56 Å². The third-order valence-corrected chi connectivity index (χ3v) is 4.47. The van der Waals surface area contributed by atoms with Gasteiger partial charge in [0.05, 0.1) is 11.3 Å². The van der Waals surface area contributed by atoms with Crippen LogP contribution in [0.15, 0.2) is 22.7 Å². The van der Waals surface area contributed by atoms with Crippen molar-refractivity contribution >= 4 is 21.6 Å². The summed E-state index contributed by atoms with van der Waals surface area (Å²) in [7, 11) is 0. The van der Waals surface area contributed by atoms with Crippen molar-refractivity contribution in [2.75, 3.05) is 25.0 Å². The predicted molar refractivity (Wildman–Crippen MR) is 86.8 cm³/mol. The molecule has 1 heterocycles. The Bertz CT molecular complexity index is 481. The molecule has 0 bridgehead atoms. The molecule has 1 saturated heterocycles. The summed E-state index contributed by atoms with van der Waals surface area (Å²) in [6.07, 6.45) is 5.16. The molecule has 0 spiro atoms. The standard InChI is InChI=1S/C16H22BrN3/c1-13-5-2-3-9-20(13)10-4-8-19-16-7-6-15(17)11-14(16)12-18/h6-7,11,13,19H,2-5,8-10H2,1H3. The van der Waals surface area contributed by atoms with Crippen molar-refractivity contribution in [2.24, 2.45) is 0 Å². The van der Waals surface area contributed by atoms with Gasteiger partial charge in [-0.1, -0.05) is 22.4 Å². The lowest BCUT2D eigenvalue weighted by Crippen LogP contribution is -2.38. The summed E-state index contributed by atoms with van der Waals surface area (Å²) in [5, 5.41) is 12.5. The first kappa shape index (κ1) is 15.3. The van der Waals surface area contributed by atoms with Crippen LogP contribution in [0.25, 0.3) is 0 Å². The highest BCUT2D eigenvalue weighted by Gasteiger charge is 2.17. The van der Waals surface area contributed by atoms with E-state index in [1.54, 1.807) is 0 Å². The van der Waals surface area contributed by atoms with E-state index < -0.39 is 0 Å². The van der Waals surface area contributed by atoms with Crippen LogP contribution in [0.4, 0.5) is 5.69 Å². The van der Waals surface area contributed by atoms with Gasteiger partial charge in [-0.05, 0) is 50.9 Å². The molecule has 0 amide bonds. The molecule has 20 heavy (non-hydrogen) atoms. The van der Waals surface area contributed by atoms with Gasteiger partial charge < -0.3 is 10.2 Å². The Morgan fingerprint density at radius 2 is 2.30 bits per heavy atom. The van der Waals surface area contributed by atoms with Crippen LogP contribution in [-0.4, -0.2) is 30.6 Å². The van der Waals surface area contributed by atoms with E-state index in [1.807, 2.05) is 18.2 Å². The molecule has 0 aliphatic carbocycles. The number of benzene rings is 1. The Labute approximate surface area is 130 Å².